The Bertz CT molecular complexity index is 288. The summed E-state index contributed by atoms with van der Waals surface area (Å²) in [6, 6.07) is 0. The predicted molar refractivity (Wildman–Crippen MR) is 40.9 cm³/mol. The van der Waals surface area contributed by atoms with Crippen LogP contribution in [-0.4, -0.2) is 23.5 Å². The van der Waals surface area contributed by atoms with E-state index in [9.17, 15) is 0 Å². The van der Waals surface area contributed by atoms with Crippen LogP contribution in [0.3, 0.4) is 0 Å². The van der Waals surface area contributed by atoms with Gasteiger partial charge in [0.25, 0.3) is 0 Å². The van der Waals surface area contributed by atoms with Crippen LogP contribution in [0.5, 0.6) is 0 Å². The monoisotopic (exact) mass is 134 g/mol. The van der Waals surface area contributed by atoms with Gasteiger partial charge in [-0.25, -0.2) is 4.99 Å². The number of hydrogen-bond acceptors (Lipinski definition) is 3. The second-order valence-electron chi connectivity index (χ2n) is 2.03. The molecule has 0 aromatic carbocycles. The van der Waals surface area contributed by atoms with Crippen LogP contribution >= 0.6 is 0 Å². The Kier molecular flexibility index (Phi) is 0.931. The molecule has 0 saturated carbocycles. The highest BCUT2D eigenvalue weighted by atomic mass is 15.2. The van der Waals surface area contributed by atoms with Gasteiger partial charge in [-0.05, 0) is 6.08 Å². The van der Waals surface area contributed by atoms with Gasteiger partial charge >= 0.3 is 0 Å². The van der Waals surface area contributed by atoms with E-state index in [0.717, 1.165) is 12.4 Å². The molecule has 0 bridgehead atoms. The minimum absolute atomic E-state index is 0.318. The van der Waals surface area contributed by atoms with Crippen molar-refractivity contribution < 1.29 is 1.37 Å². The average Bonchev–Trinajstić information content (AvgIpc) is 2.04. The van der Waals surface area contributed by atoms with Gasteiger partial charge in [-0.3, -0.25) is 4.99 Å². The first-order valence-corrected chi connectivity index (χ1v) is 3.08. The fourth-order valence-corrected chi connectivity index (χ4v) is 0.878. The summed E-state index contributed by atoms with van der Waals surface area (Å²) in [5.41, 5.74) is 0. The minimum atomic E-state index is 0.318. The summed E-state index contributed by atoms with van der Waals surface area (Å²) in [6.07, 6.45) is 7.29. The average molecular weight is 134 g/mol. The summed E-state index contributed by atoms with van der Waals surface area (Å²) in [5, 5.41) is 0. The van der Waals surface area contributed by atoms with E-state index in [0.29, 0.717) is 6.18 Å². The van der Waals surface area contributed by atoms with Crippen LogP contribution in [0.4, 0.5) is 0 Å². The van der Waals surface area contributed by atoms with E-state index >= 15 is 0 Å². The molecule has 0 aliphatic carbocycles. The molecule has 10 heavy (non-hydrogen) atoms. The van der Waals surface area contributed by atoms with Gasteiger partial charge in [-0.2, -0.15) is 0 Å². The van der Waals surface area contributed by atoms with Crippen LogP contribution in [0, 0.1) is 0 Å². The molecule has 0 saturated heterocycles. The third-order valence-corrected chi connectivity index (χ3v) is 1.38. The number of amidine groups is 1. The maximum absolute atomic E-state index is 7.26. The molecule has 0 fully saturated rings. The molecule has 0 amide bonds. The van der Waals surface area contributed by atoms with Crippen molar-refractivity contribution in [1.29, 1.82) is 0 Å². The summed E-state index contributed by atoms with van der Waals surface area (Å²) >= 11 is 0. The van der Waals surface area contributed by atoms with Crippen LogP contribution in [0.25, 0.3) is 0 Å². The van der Waals surface area contributed by atoms with E-state index in [4.69, 9.17) is 1.37 Å². The number of rotatable bonds is 0. The van der Waals surface area contributed by atoms with Gasteiger partial charge < -0.3 is 4.90 Å². The van der Waals surface area contributed by atoms with Crippen molar-refractivity contribution in [3.8, 4) is 0 Å². The minimum Gasteiger partial charge on any atom is -0.326 e. The highest BCUT2D eigenvalue weighted by Gasteiger charge is 2.08. The third kappa shape index (κ3) is 0.757. The molecule has 0 spiro atoms. The van der Waals surface area contributed by atoms with E-state index in [1.165, 1.54) is 0 Å². The van der Waals surface area contributed by atoms with Gasteiger partial charge in [-0.1, -0.05) is 0 Å². The van der Waals surface area contributed by atoms with Gasteiger partial charge in [0.1, 0.15) is 0 Å². The largest absolute Gasteiger partial charge is 0.326 e. The zero-order valence-corrected chi connectivity index (χ0v) is 5.36. The van der Waals surface area contributed by atoms with Crippen molar-refractivity contribution in [3.05, 3.63) is 24.7 Å². The van der Waals surface area contributed by atoms with Gasteiger partial charge in [0.15, 0.2) is 5.84 Å². The first kappa shape index (κ1) is 4.44. The fourth-order valence-electron chi connectivity index (χ4n) is 0.878. The fraction of sp³-hybridized carbons (Fsp3) is 0.143. The first-order chi connectivity index (χ1) is 5.36. The topological polar surface area (TPSA) is 28.0 Å². The number of hydrogen-bond donors (Lipinski definition) is 0. The van der Waals surface area contributed by atoms with Crippen LogP contribution in [0.15, 0.2) is 34.6 Å². The van der Waals surface area contributed by atoms with Crippen molar-refractivity contribution in [2.24, 2.45) is 9.98 Å². The van der Waals surface area contributed by atoms with Gasteiger partial charge in [0.05, 0.1) is 7.59 Å². The van der Waals surface area contributed by atoms with Crippen molar-refractivity contribution in [3.63, 3.8) is 0 Å². The van der Waals surface area contributed by atoms with Crippen LogP contribution in [0.2, 0.25) is 0 Å². The molecule has 2 rings (SSSR count). The lowest BCUT2D eigenvalue weighted by molar-refractivity contribution is 0.617. The Labute approximate surface area is 60.5 Å². The second-order valence-corrected chi connectivity index (χ2v) is 2.03. The zero-order valence-electron chi connectivity index (χ0n) is 6.36. The molecule has 3 nitrogen and oxygen atoms in total. The molecule has 0 aromatic rings. The second kappa shape index (κ2) is 2.10. The predicted octanol–water partition coefficient (Wildman–Crippen LogP) is 0.770. The summed E-state index contributed by atoms with van der Waals surface area (Å²) in [6.45, 7) is 0.722. The smallest absolute Gasteiger partial charge is 0.151 e. The Hall–Kier alpha value is -1.38. The first-order valence-electron chi connectivity index (χ1n) is 3.58. The maximum Gasteiger partial charge on any atom is 0.151 e. The van der Waals surface area contributed by atoms with E-state index in [2.05, 4.69) is 9.98 Å². The molecule has 0 atom stereocenters. The summed E-state index contributed by atoms with van der Waals surface area (Å²) in [5.74, 6) is 0.750. The third-order valence-electron chi connectivity index (χ3n) is 1.38. The number of fused-ring (bicyclic) bond motifs is 1. The van der Waals surface area contributed by atoms with Crippen molar-refractivity contribution in [2.45, 2.75) is 0 Å². The quantitative estimate of drug-likeness (QED) is 0.481. The molecule has 0 N–H and O–H groups in total. The van der Waals surface area contributed by atoms with Crippen LogP contribution < -0.4 is 0 Å². The van der Waals surface area contributed by atoms with Crippen LogP contribution in [-0.2, 0) is 0 Å². The SMILES string of the molecule is [2H]C1=CCN2C=CN=CC2=N1. The highest BCUT2D eigenvalue weighted by Crippen LogP contribution is 2.03. The van der Waals surface area contributed by atoms with E-state index in [1.807, 2.05) is 11.1 Å². The molecule has 0 unspecified atom stereocenters. The Morgan fingerprint density at radius 1 is 1.70 bits per heavy atom. The molecule has 2 heterocycles. The molecule has 0 radical (unpaired) electrons. The lowest BCUT2D eigenvalue weighted by atomic mass is 10.4. The van der Waals surface area contributed by atoms with Crippen LogP contribution in [0.1, 0.15) is 1.37 Å². The van der Waals surface area contributed by atoms with Crippen molar-refractivity contribution in [2.75, 3.05) is 6.54 Å². The molecule has 2 aliphatic rings. The number of nitrogens with zero attached hydrogens (tertiary/aromatic N) is 3. The molecular weight excluding hydrogens is 126 g/mol. The number of aliphatic imine (C=N–C) groups is 2. The van der Waals surface area contributed by atoms with Crippen molar-refractivity contribution in [1.82, 2.24) is 4.90 Å². The normalized spacial score (nSPS) is 23.2. The van der Waals surface area contributed by atoms with Gasteiger partial charge in [0, 0.05) is 25.1 Å². The molecule has 3 heteroatoms. The Balaban J connectivity index is 2.33. The Morgan fingerprint density at radius 2 is 2.70 bits per heavy atom. The lowest BCUT2D eigenvalue weighted by Gasteiger charge is -2.21. The summed E-state index contributed by atoms with van der Waals surface area (Å²) in [7, 11) is 0. The van der Waals surface area contributed by atoms with Crippen molar-refractivity contribution >= 4 is 12.1 Å². The standard InChI is InChI=1S/C7H7N3/c1-2-9-7-6-8-3-5-10(7)4-1/h1-3,5-6H,4H2/i2D. The molecule has 2 aliphatic heterocycles. The van der Waals surface area contributed by atoms with E-state index in [1.54, 1.807) is 18.5 Å². The molecule has 0 aromatic heterocycles. The van der Waals surface area contributed by atoms with E-state index in [-0.39, 0.29) is 0 Å². The molecule has 50 valence electrons. The van der Waals surface area contributed by atoms with Gasteiger partial charge in [0.2, 0.25) is 0 Å². The Morgan fingerprint density at radius 3 is 3.70 bits per heavy atom. The summed E-state index contributed by atoms with van der Waals surface area (Å²) < 4.78 is 7.26. The highest BCUT2D eigenvalue weighted by molar-refractivity contribution is 6.30. The van der Waals surface area contributed by atoms with Gasteiger partial charge in [-0.15, -0.1) is 0 Å². The maximum atomic E-state index is 7.26. The molecular formula is C7H7N3. The zero-order chi connectivity index (χ0) is 7.68. The van der Waals surface area contributed by atoms with E-state index < -0.39 is 0 Å². The lowest BCUT2D eigenvalue weighted by Crippen LogP contribution is -2.30. The summed E-state index contributed by atoms with van der Waals surface area (Å²) in [4.78, 5) is 9.82.